The average Bonchev–Trinajstić information content (AvgIpc) is 2.26. The third-order valence-electron chi connectivity index (χ3n) is 2.65. The summed E-state index contributed by atoms with van der Waals surface area (Å²) < 4.78 is 0. The molecule has 2 heteroatoms. The highest BCUT2D eigenvalue weighted by molar-refractivity contribution is 5.97. The van der Waals surface area contributed by atoms with E-state index >= 15 is 0 Å². The number of hydrogen-bond acceptors (Lipinski definition) is 2. The van der Waals surface area contributed by atoms with Crippen LogP contribution in [0.25, 0.3) is 0 Å². The Morgan fingerprint density at radius 3 is 2.75 bits per heavy atom. The Labute approximate surface area is 98.3 Å². The fourth-order valence-electron chi connectivity index (χ4n) is 1.66. The minimum atomic E-state index is 0.210. The van der Waals surface area contributed by atoms with Gasteiger partial charge in [0.15, 0.2) is 5.78 Å². The summed E-state index contributed by atoms with van der Waals surface area (Å²) in [5.74, 6) is 0.210. The molecule has 0 radical (unpaired) electrons. The standard InChI is InChI=1S/C14H21NO/c1-4-5-9-15(3)11-14(16)13-8-6-7-12(2)10-13/h6-8,10H,4-5,9,11H2,1-3H3. The lowest BCUT2D eigenvalue weighted by molar-refractivity contribution is 0.0945. The molecule has 0 amide bonds. The molecule has 0 aliphatic rings. The molecule has 0 fully saturated rings. The fraction of sp³-hybridized carbons (Fsp3) is 0.500. The van der Waals surface area contributed by atoms with Crippen LogP contribution in [0.4, 0.5) is 0 Å². The Morgan fingerprint density at radius 1 is 1.38 bits per heavy atom. The van der Waals surface area contributed by atoms with Gasteiger partial charge >= 0.3 is 0 Å². The molecule has 0 atom stereocenters. The molecule has 0 bridgehead atoms. The third-order valence-corrected chi connectivity index (χ3v) is 2.65. The number of hydrogen-bond donors (Lipinski definition) is 0. The molecule has 1 rings (SSSR count). The van der Waals surface area contributed by atoms with Crippen LogP contribution in [0.1, 0.15) is 35.7 Å². The Morgan fingerprint density at radius 2 is 2.12 bits per heavy atom. The van der Waals surface area contributed by atoms with E-state index in [-0.39, 0.29) is 5.78 Å². The van der Waals surface area contributed by atoms with Crippen molar-refractivity contribution in [1.29, 1.82) is 0 Å². The number of carbonyl (C=O) groups excluding carboxylic acids is 1. The number of ketones is 1. The van der Waals surface area contributed by atoms with Gasteiger partial charge in [0, 0.05) is 5.56 Å². The van der Waals surface area contributed by atoms with Crippen molar-refractivity contribution >= 4 is 5.78 Å². The minimum Gasteiger partial charge on any atom is -0.299 e. The summed E-state index contributed by atoms with van der Waals surface area (Å²) in [5.41, 5.74) is 1.96. The van der Waals surface area contributed by atoms with Crippen LogP contribution < -0.4 is 0 Å². The molecule has 16 heavy (non-hydrogen) atoms. The topological polar surface area (TPSA) is 20.3 Å². The lowest BCUT2D eigenvalue weighted by Crippen LogP contribution is -2.26. The van der Waals surface area contributed by atoms with Crippen LogP contribution in [0.2, 0.25) is 0 Å². The van der Waals surface area contributed by atoms with E-state index in [1.807, 2.05) is 38.2 Å². The Balaban J connectivity index is 2.52. The maximum atomic E-state index is 11.9. The highest BCUT2D eigenvalue weighted by Gasteiger charge is 2.08. The summed E-state index contributed by atoms with van der Waals surface area (Å²) in [6.07, 6.45) is 2.32. The Bertz CT molecular complexity index is 346. The lowest BCUT2D eigenvalue weighted by Gasteiger charge is -2.15. The number of likely N-dealkylation sites (N-methyl/N-ethyl adjacent to an activating group) is 1. The van der Waals surface area contributed by atoms with E-state index in [0.717, 1.165) is 24.1 Å². The van der Waals surface area contributed by atoms with E-state index < -0.39 is 0 Å². The van der Waals surface area contributed by atoms with Crippen molar-refractivity contribution in [3.05, 3.63) is 35.4 Å². The predicted octanol–water partition coefficient (Wildman–Crippen LogP) is 2.91. The molecule has 1 aromatic carbocycles. The van der Waals surface area contributed by atoms with Crippen LogP contribution in [-0.2, 0) is 0 Å². The maximum Gasteiger partial charge on any atom is 0.176 e. The summed E-state index contributed by atoms with van der Waals surface area (Å²) in [7, 11) is 2.00. The number of aryl methyl sites for hydroxylation is 1. The SMILES string of the molecule is CCCCN(C)CC(=O)c1cccc(C)c1. The molecule has 2 nitrogen and oxygen atoms in total. The molecule has 1 aromatic rings. The van der Waals surface area contributed by atoms with Gasteiger partial charge in [-0.15, -0.1) is 0 Å². The van der Waals surface area contributed by atoms with Gasteiger partial charge in [-0.3, -0.25) is 9.69 Å². The first kappa shape index (κ1) is 12.9. The molecule has 0 unspecified atom stereocenters. The molecule has 0 spiro atoms. The zero-order chi connectivity index (χ0) is 12.0. The van der Waals surface area contributed by atoms with E-state index in [1.165, 1.54) is 6.42 Å². The highest BCUT2D eigenvalue weighted by atomic mass is 16.1. The summed E-state index contributed by atoms with van der Waals surface area (Å²) in [4.78, 5) is 14.0. The fourth-order valence-corrected chi connectivity index (χ4v) is 1.66. The second-order valence-corrected chi connectivity index (χ2v) is 4.38. The van der Waals surface area contributed by atoms with Crippen LogP contribution in [0.3, 0.4) is 0 Å². The number of nitrogens with zero attached hydrogens (tertiary/aromatic N) is 1. The average molecular weight is 219 g/mol. The van der Waals surface area contributed by atoms with Crippen molar-refractivity contribution < 1.29 is 4.79 Å². The van der Waals surface area contributed by atoms with Crippen LogP contribution >= 0.6 is 0 Å². The van der Waals surface area contributed by atoms with E-state index in [9.17, 15) is 4.79 Å². The second-order valence-electron chi connectivity index (χ2n) is 4.38. The molecule has 88 valence electrons. The van der Waals surface area contributed by atoms with Gasteiger partial charge in [0.2, 0.25) is 0 Å². The van der Waals surface area contributed by atoms with Gasteiger partial charge in [0.25, 0.3) is 0 Å². The first-order chi connectivity index (χ1) is 7.63. The number of Topliss-reactive ketones (excluding diaryl/α,β-unsaturated/α-hetero) is 1. The first-order valence-corrected chi connectivity index (χ1v) is 5.92. The first-order valence-electron chi connectivity index (χ1n) is 5.92. The molecule has 0 heterocycles. The van der Waals surface area contributed by atoms with Crippen molar-refractivity contribution in [2.75, 3.05) is 20.1 Å². The zero-order valence-electron chi connectivity index (χ0n) is 10.5. The lowest BCUT2D eigenvalue weighted by atomic mass is 10.1. The third kappa shape index (κ3) is 4.15. The van der Waals surface area contributed by atoms with Crippen molar-refractivity contribution in [3.63, 3.8) is 0 Å². The smallest absolute Gasteiger partial charge is 0.176 e. The molecular weight excluding hydrogens is 198 g/mol. The summed E-state index contributed by atoms with van der Waals surface area (Å²) in [5, 5.41) is 0. The van der Waals surface area contributed by atoms with Crippen molar-refractivity contribution in [3.8, 4) is 0 Å². The maximum absolute atomic E-state index is 11.9. The van der Waals surface area contributed by atoms with E-state index in [4.69, 9.17) is 0 Å². The number of rotatable bonds is 6. The largest absolute Gasteiger partial charge is 0.299 e. The van der Waals surface area contributed by atoms with Crippen LogP contribution in [0.5, 0.6) is 0 Å². The monoisotopic (exact) mass is 219 g/mol. The molecule has 0 aliphatic heterocycles. The molecule has 0 saturated heterocycles. The van der Waals surface area contributed by atoms with Gasteiger partial charge in [-0.1, -0.05) is 37.1 Å². The van der Waals surface area contributed by atoms with Gasteiger partial charge in [0.05, 0.1) is 6.54 Å². The van der Waals surface area contributed by atoms with E-state index in [2.05, 4.69) is 11.8 Å². The summed E-state index contributed by atoms with van der Waals surface area (Å²) in [6.45, 7) is 5.69. The molecular formula is C14H21NO. The van der Waals surface area contributed by atoms with E-state index in [1.54, 1.807) is 0 Å². The second kappa shape index (κ2) is 6.44. The van der Waals surface area contributed by atoms with Gasteiger partial charge < -0.3 is 0 Å². The Kier molecular flexibility index (Phi) is 5.20. The molecule has 0 aliphatic carbocycles. The molecule has 0 saturated carbocycles. The molecule has 0 aromatic heterocycles. The van der Waals surface area contributed by atoms with Gasteiger partial charge in [-0.05, 0) is 33.0 Å². The van der Waals surface area contributed by atoms with E-state index in [0.29, 0.717) is 6.54 Å². The number of carbonyl (C=O) groups is 1. The molecule has 0 N–H and O–H groups in total. The Hall–Kier alpha value is -1.15. The van der Waals surface area contributed by atoms with Crippen molar-refractivity contribution in [2.24, 2.45) is 0 Å². The van der Waals surface area contributed by atoms with Crippen LogP contribution in [0, 0.1) is 6.92 Å². The summed E-state index contributed by atoms with van der Waals surface area (Å²) in [6, 6.07) is 7.80. The van der Waals surface area contributed by atoms with Gasteiger partial charge in [-0.25, -0.2) is 0 Å². The zero-order valence-corrected chi connectivity index (χ0v) is 10.5. The minimum absolute atomic E-state index is 0.210. The summed E-state index contributed by atoms with van der Waals surface area (Å²) >= 11 is 0. The van der Waals surface area contributed by atoms with Crippen molar-refractivity contribution in [1.82, 2.24) is 4.90 Å². The van der Waals surface area contributed by atoms with Crippen LogP contribution in [0.15, 0.2) is 24.3 Å². The van der Waals surface area contributed by atoms with Gasteiger partial charge in [-0.2, -0.15) is 0 Å². The van der Waals surface area contributed by atoms with Crippen molar-refractivity contribution in [2.45, 2.75) is 26.7 Å². The predicted molar refractivity (Wildman–Crippen MR) is 67.9 cm³/mol. The highest BCUT2D eigenvalue weighted by Crippen LogP contribution is 2.05. The number of benzene rings is 1. The number of unbranched alkanes of at least 4 members (excludes halogenated alkanes) is 1. The quantitative estimate of drug-likeness (QED) is 0.686. The normalized spacial score (nSPS) is 10.8. The van der Waals surface area contributed by atoms with Gasteiger partial charge in [0.1, 0.15) is 0 Å². The van der Waals surface area contributed by atoms with Crippen LogP contribution in [-0.4, -0.2) is 30.8 Å².